The summed E-state index contributed by atoms with van der Waals surface area (Å²) >= 11 is 5.76. The van der Waals surface area contributed by atoms with Crippen LogP contribution >= 0.6 is 11.6 Å². The first-order chi connectivity index (χ1) is 9.54. The van der Waals surface area contributed by atoms with E-state index >= 15 is 0 Å². The van der Waals surface area contributed by atoms with Gasteiger partial charge in [0.25, 0.3) is 10.0 Å². The molecule has 1 aromatic heterocycles. The summed E-state index contributed by atoms with van der Waals surface area (Å²) in [4.78, 5) is 3.23. The molecule has 0 aliphatic carbocycles. The number of hydrogen-bond donors (Lipinski definition) is 2. The van der Waals surface area contributed by atoms with Crippen LogP contribution in [0.1, 0.15) is 0 Å². The number of H-pyrrole nitrogens is 1. The second kappa shape index (κ2) is 4.85. The van der Waals surface area contributed by atoms with E-state index in [0.717, 1.165) is 10.9 Å². The second-order valence-corrected chi connectivity index (χ2v) is 6.46. The molecule has 0 saturated carbocycles. The van der Waals surface area contributed by atoms with E-state index in [-0.39, 0.29) is 4.90 Å². The fourth-order valence-corrected chi connectivity index (χ4v) is 3.12. The van der Waals surface area contributed by atoms with Gasteiger partial charge in [-0.1, -0.05) is 11.6 Å². The lowest BCUT2D eigenvalue weighted by Gasteiger charge is -2.08. The number of halogens is 1. The smallest absolute Gasteiger partial charge is 0.261 e. The molecule has 1 heterocycles. The lowest BCUT2D eigenvalue weighted by Crippen LogP contribution is -2.12. The average Bonchev–Trinajstić information content (AvgIpc) is 2.86. The summed E-state index contributed by atoms with van der Waals surface area (Å²) in [7, 11) is -3.60. The number of aromatic amines is 1. The fourth-order valence-electron chi connectivity index (χ4n) is 1.94. The highest BCUT2D eigenvalue weighted by atomic mass is 35.5. The van der Waals surface area contributed by atoms with Crippen molar-refractivity contribution in [2.75, 3.05) is 4.72 Å². The first-order valence-electron chi connectivity index (χ1n) is 5.90. The minimum absolute atomic E-state index is 0.177. The number of aromatic nitrogens is 1. The van der Waals surface area contributed by atoms with Crippen LogP contribution in [-0.4, -0.2) is 13.4 Å². The van der Waals surface area contributed by atoms with E-state index < -0.39 is 10.0 Å². The molecule has 0 saturated heterocycles. The van der Waals surface area contributed by atoms with Crippen LogP contribution < -0.4 is 4.72 Å². The molecule has 0 bridgehead atoms. The van der Waals surface area contributed by atoms with Gasteiger partial charge < -0.3 is 4.98 Å². The maximum atomic E-state index is 12.2. The van der Waals surface area contributed by atoms with Gasteiger partial charge in [-0.3, -0.25) is 4.72 Å². The molecule has 0 aliphatic rings. The number of benzene rings is 2. The van der Waals surface area contributed by atoms with Gasteiger partial charge in [0.1, 0.15) is 0 Å². The zero-order chi connectivity index (χ0) is 14.2. The molecule has 0 amide bonds. The van der Waals surface area contributed by atoms with E-state index in [0.29, 0.717) is 10.7 Å². The molecular formula is C14H11ClN2O2S. The van der Waals surface area contributed by atoms with Crippen LogP contribution in [0.25, 0.3) is 10.9 Å². The largest absolute Gasteiger partial charge is 0.361 e. The first kappa shape index (κ1) is 13.0. The molecule has 3 aromatic rings. The van der Waals surface area contributed by atoms with Crippen molar-refractivity contribution in [1.29, 1.82) is 0 Å². The summed E-state index contributed by atoms with van der Waals surface area (Å²) < 4.78 is 27.0. The Morgan fingerprint density at radius 1 is 1.00 bits per heavy atom. The number of anilines is 1. The maximum Gasteiger partial charge on any atom is 0.261 e. The third-order valence-electron chi connectivity index (χ3n) is 2.93. The van der Waals surface area contributed by atoms with Crippen LogP contribution in [0.4, 0.5) is 5.69 Å². The molecule has 20 heavy (non-hydrogen) atoms. The van der Waals surface area contributed by atoms with Gasteiger partial charge in [-0.2, -0.15) is 0 Å². The molecule has 2 aromatic carbocycles. The van der Waals surface area contributed by atoms with Crippen LogP contribution in [0.5, 0.6) is 0 Å². The number of fused-ring (bicyclic) bond motifs is 1. The Morgan fingerprint density at radius 2 is 1.75 bits per heavy atom. The normalized spacial score (nSPS) is 11.7. The minimum Gasteiger partial charge on any atom is -0.361 e. The third kappa shape index (κ3) is 2.50. The molecule has 2 N–H and O–H groups in total. The van der Waals surface area contributed by atoms with Crippen LogP contribution in [0.15, 0.2) is 59.6 Å². The SMILES string of the molecule is O=S(=O)(Nc1ccc2[nH]ccc2c1)c1ccc(Cl)cc1. The maximum absolute atomic E-state index is 12.2. The van der Waals surface area contributed by atoms with E-state index in [1.165, 1.54) is 12.1 Å². The standard InChI is InChI=1S/C14H11ClN2O2S/c15-11-1-4-13(5-2-11)20(18,19)17-12-3-6-14-10(9-12)7-8-16-14/h1-9,16-17H. The highest BCUT2D eigenvalue weighted by Crippen LogP contribution is 2.21. The molecule has 3 rings (SSSR count). The highest BCUT2D eigenvalue weighted by molar-refractivity contribution is 7.92. The highest BCUT2D eigenvalue weighted by Gasteiger charge is 2.14. The van der Waals surface area contributed by atoms with Gasteiger partial charge >= 0.3 is 0 Å². The molecule has 4 nitrogen and oxygen atoms in total. The lowest BCUT2D eigenvalue weighted by molar-refractivity contribution is 0.601. The third-order valence-corrected chi connectivity index (χ3v) is 4.58. The Balaban J connectivity index is 1.94. The van der Waals surface area contributed by atoms with E-state index in [1.54, 1.807) is 24.3 Å². The average molecular weight is 307 g/mol. The Bertz CT molecular complexity index is 854. The Labute approximate surface area is 121 Å². The van der Waals surface area contributed by atoms with Gasteiger partial charge in [0, 0.05) is 27.8 Å². The van der Waals surface area contributed by atoms with Gasteiger partial charge in [-0.25, -0.2) is 8.42 Å². The van der Waals surface area contributed by atoms with Gasteiger partial charge in [-0.15, -0.1) is 0 Å². The number of nitrogens with one attached hydrogen (secondary N) is 2. The van der Waals surface area contributed by atoms with Crippen molar-refractivity contribution in [3.63, 3.8) is 0 Å². The fraction of sp³-hybridized carbons (Fsp3) is 0. The molecule has 0 unspecified atom stereocenters. The minimum atomic E-state index is -3.60. The van der Waals surface area contributed by atoms with Crippen LogP contribution in [0.3, 0.4) is 0 Å². The summed E-state index contributed by atoms with van der Waals surface area (Å²) in [5.74, 6) is 0. The van der Waals surface area contributed by atoms with Crippen molar-refractivity contribution in [3.05, 3.63) is 59.8 Å². The Morgan fingerprint density at radius 3 is 2.50 bits per heavy atom. The van der Waals surface area contributed by atoms with Gasteiger partial charge in [0.15, 0.2) is 0 Å². The van der Waals surface area contributed by atoms with Crippen LogP contribution in [0.2, 0.25) is 5.02 Å². The number of rotatable bonds is 3. The van der Waals surface area contributed by atoms with E-state index in [2.05, 4.69) is 9.71 Å². The molecule has 0 radical (unpaired) electrons. The number of sulfonamides is 1. The zero-order valence-electron chi connectivity index (χ0n) is 10.3. The van der Waals surface area contributed by atoms with E-state index in [1.807, 2.05) is 18.3 Å². The predicted molar refractivity (Wildman–Crippen MR) is 80.6 cm³/mol. The zero-order valence-corrected chi connectivity index (χ0v) is 11.9. The number of hydrogen-bond acceptors (Lipinski definition) is 2. The summed E-state index contributed by atoms with van der Waals surface area (Å²) in [6, 6.07) is 13.2. The van der Waals surface area contributed by atoms with Crippen molar-refractivity contribution >= 4 is 38.2 Å². The summed E-state index contributed by atoms with van der Waals surface area (Å²) in [6.07, 6.45) is 1.81. The quantitative estimate of drug-likeness (QED) is 0.776. The monoisotopic (exact) mass is 306 g/mol. The second-order valence-electron chi connectivity index (χ2n) is 4.34. The van der Waals surface area contributed by atoms with Crippen molar-refractivity contribution in [2.45, 2.75) is 4.90 Å². The Kier molecular flexibility index (Phi) is 3.16. The van der Waals surface area contributed by atoms with Gasteiger partial charge in [0.2, 0.25) is 0 Å². The van der Waals surface area contributed by atoms with Crippen molar-refractivity contribution in [1.82, 2.24) is 4.98 Å². The predicted octanol–water partition coefficient (Wildman–Crippen LogP) is 3.62. The lowest BCUT2D eigenvalue weighted by atomic mass is 10.2. The van der Waals surface area contributed by atoms with Gasteiger partial charge in [0.05, 0.1) is 4.90 Å². The van der Waals surface area contributed by atoms with Crippen LogP contribution in [-0.2, 0) is 10.0 Å². The summed E-state index contributed by atoms with van der Waals surface area (Å²) in [6.45, 7) is 0. The van der Waals surface area contributed by atoms with Crippen LogP contribution in [0, 0.1) is 0 Å². The molecule has 0 spiro atoms. The summed E-state index contributed by atoms with van der Waals surface area (Å²) in [5, 5.41) is 1.44. The topological polar surface area (TPSA) is 62.0 Å². The molecule has 6 heteroatoms. The van der Waals surface area contributed by atoms with Crippen molar-refractivity contribution in [2.24, 2.45) is 0 Å². The van der Waals surface area contributed by atoms with E-state index in [4.69, 9.17) is 11.6 Å². The molecule has 0 atom stereocenters. The Hall–Kier alpha value is -1.98. The van der Waals surface area contributed by atoms with Crippen molar-refractivity contribution in [3.8, 4) is 0 Å². The molecule has 0 fully saturated rings. The van der Waals surface area contributed by atoms with Crippen molar-refractivity contribution < 1.29 is 8.42 Å². The molecule has 0 aliphatic heterocycles. The molecular weight excluding hydrogens is 296 g/mol. The first-order valence-corrected chi connectivity index (χ1v) is 7.76. The summed E-state index contributed by atoms with van der Waals surface area (Å²) in [5.41, 5.74) is 1.48. The molecule has 102 valence electrons. The van der Waals surface area contributed by atoms with E-state index in [9.17, 15) is 8.42 Å². The van der Waals surface area contributed by atoms with Gasteiger partial charge in [-0.05, 0) is 48.5 Å².